The highest BCUT2D eigenvalue weighted by Crippen LogP contribution is 2.42. The van der Waals surface area contributed by atoms with Crippen molar-refractivity contribution in [3.8, 4) is 22.6 Å². The summed E-state index contributed by atoms with van der Waals surface area (Å²) in [5.41, 5.74) is 4.55. The number of aryl methyl sites for hydroxylation is 1. The summed E-state index contributed by atoms with van der Waals surface area (Å²) in [7, 11) is -1.81. The van der Waals surface area contributed by atoms with E-state index in [1.807, 2.05) is 30.3 Å². The minimum atomic E-state index is -3.43. The average molecular weight is 497 g/mol. The van der Waals surface area contributed by atoms with Gasteiger partial charge in [0.2, 0.25) is 10.0 Å². The number of hydrazone groups is 1. The van der Waals surface area contributed by atoms with Gasteiger partial charge in [-0.25, -0.2) is 18.0 Å². The smallest absolute Gasteiger partial charge is 0.332 e. The number of aromatic amines is 1. The molecule has 3 aromatic rings. The Morgan fingerprint density at radius 2 is 1.80 bits per heavy atom. The SMILES string of the molecule is COc1c(-c2ccc3c(c2)CCC3=NNS(C)(=O)=O)cc(-n2ccc(=O)[nH]c2=O)cc1C(C)(C)C. The van der Waals surface area contributed by atoms with Gasteiger partial charge < -0.3 is 4.74 Å². The van der Waals surface area contributed by atoms with Crippen LogP contribution in [-0.2, 0) is 21.9 Å². The summed E-state index contributed by atoms with van der Waals surface area (Å²) in [4.78, 5) is 28.6. The number of benzene rings is 2. The lowest BCUT2D eigenvalue weighted by atomic mass is 9.83. The van der Waals surface area contributed by atoms with Crippen LogP contribution in [0.15, 0.2) is 57.3 Å². The first-order chi connectivity index (χ1) is 16.4. The van der Waals surface area contributed by atoms with Crippen LogP contribution in [0.3, 0.4) is 0 Å². The standard InChI is InChI=1S/C25H28N4O5S/c1-25(2,3)20-14-17(29-11-10-22(30)26-24(29)31)13-19(23(20)34-4)16-6-8-18-15(12-16)7-9-21(18)27-28-35(5,32)33/h6,8,10-14,28H,7,9H2,1-5H3,(H,26,30,31). The van der Waals surface area contributed by atoms with Gasteiger partial charge in [-0.3, -0.25) is 14.3 Å². The molecule has 1 heterocycles. The molecule has 2 N–H and O–H groups in total. The number of hydrogen-bond acceptors (Lipinski definition) is 6. The fourth-order valence-electron chi connectivity index (χ4n) is 4.26. The second-order valence-corrected chi connectivity index (χ2v) is 11.3. The first kappa shape index (κ1) is 24.5. The zero-order chi connectivity index (χ0) is 25.5. The van der Waals surface area contributed by atoms with Gasteiger partial charge in [-0.05, 0) is 41.5 Å². The van der Waals surface area contributed by atoms with Gasteiger partial charge >= 0.3 is 5.69 Å². The van der Waals surface area contributed by atoms with Crippen molar-refractivity contribution in [2.75, 3.05) is 13.4 Å². The number of aromatic nitrogens is 2. The Labute approximate surface area is 203 Å². The molecule has 35 heavy (non-hydrogen) atoms. The van der Waals surface area contributed by atoms with Crippen LogP contribution in [0.5, 0.6) is 5.75 Å². The number of nitrogens with one attached hydrogen (secondary N) is 2. The highest BCUT2D eigenvalue weighted by Gasteiger charge is 2.25. The van der Waals surface area contributed by atoms with Crippen molar-refractivity contribution in [1.82, 2.24) is 14.4 Å². The molecule has 1 aliphatic carbocycles. The van der Waals surface area contributed by atoms with E-state index in [0.29, 0.717) is 23.6 Å². The molecular weight excluding hydrogens is 468 g/mol. The minimum Gasteiger partial charge on any atom is -0.496 e. The van der Waals surface area contributed by atoms with Crippen LogP contribution in [0.1, 0.15) is 43.9 Å². The number of rotatable bonds is 5. The molecule has 9 nitrogen and oxygen atoms in total. The Morgan fingerprint density at radius 3 is 2.43 bits per heavy atom. The first-order valence-electron chi connectivity index (χ1n) is 11.1. The summed E-state index contributed by atoms with van der Waals surface area (Å²) >= 11 is 0. The fourth-order valence-corrected chi connectivity index (χ4v) is 4.53. The number of sulfonamides is 1. The van der Waals surface area contributed by atoms with E-state index in [4.69, 9.17) is 4.74 Å². The number of ether oxygens (including phenoxy) is 1. The van der Waals surface area contributed by atoms with E-state index >= 15 is 0 Å². The van der Waals surface area contributed by atoms with Crippen molar-refractivity contribution >= 4 is 15.7 Å². The van der Waals surface area contributed by atoms with E-state index in [-0.39, 0.29) is 5.41 Å². The predicted molar refractivity (Wildman–Crippen MR) is 136 cm³/mol. The number of methoxy groups -OCH3 is 1. The zero-order valence-electron chi connectivity index (χ0n) is 20.3. The molecule has 0 fully saturated rings. The van der Waals surface area contributed by atoms with Crippen LogP contribution in [0, 0.1) is 0 Å². The third-order valence-electron chi connectivity index (χ3n) is 5.89. The van der Waals surface area contributed by atoms with Crippen molar-refractivity contribution in [3.05, 3.63) is 80.1 Å². The molecule has 0 saturated carbocycles. The maximum atomic E-state index is 12.5. The largest absolute Gasteiger partial charge is 0.496 e. The molecule has 0 saturated heterocycles. The summed E-state index contributed by atoms with van der Waals surface area (Å²) in [6.45, 7) is 6.19. The maximum Gasteiger partial charge on any atom is 0.332 e. The lowest BCUT2D eigenvalue weighted by molar-refractivity contribution is 0.399. The van der Waals surface area contributed by atoms with Gasteiger partial charge in [-0.1, -0.05) is 39.0 Å². The quantitative estimate of drug-likeness (QED) is 0.526. The molecule has 0 amide bonds. The fraction of sp³-hybridized carbons (Fsp3) is 0.320. The van der Waals surface area contributed by atoms with E-state index in [1.165, 1.54) is 16.8 Å². The van der Waals surface area contributed by atoms with Crippen LogP contribution < -0.4 is 20.8 Å². The molecule has 4 rings (SSSR count). The molecule has 1 aliphatic rings. The second-order valence-electron chi connectivity index (χ2n) is 9.60. The number of fused-ring (bicyclic) bond motifs is 1. The lowest BCUT2D eigenvalue weighted by Crippen LogP contribution is -2.27. The third kappa shape index (κ3) is 5.07. The van der Waals surface area contributed by atoms with Crippen LogP contribution in [0.2, 0.25) is 0 Å². The predicted octanol–water partition coefficient (Wildman–Crippen LogP) is 2.70. The van der Waals surface area contributed by atoms with Gasteiger partial charge in [-0.2, -0.15) is 5.10 Å². The summed E-state index contributed by atoms with van der Waals surface area (Å²) in [6, 6.07) is 11.0. The van der Waals surface area contributed by atoms with Crippen molar-refractivity contribution < 1.29 is 13.2 Å². The number of nitrogens with zero attached hydrogens (tertiary/aromatic N) is 2. The molecule has 1 aromatic heterocycles. The van der Waals surface area contributed by atoms with E-state index < -0.39 is 21.3 Å². The Kier molecular flexibility index (Phi) is 6.18. The minimum absolute atomic E-state index is 0.296. The van der Waals surface area contributed by atoms with Gasteiger partial charge in [0, 0.05) is 29.0 Å². The average Bonchev–Trinajstić information content (AvgIpc) is 3.18. The van der Waals surface area contributed by atoms with Gasteiger partial charge in [-0.15, -0.1) is 0 Å². The van der Waals surface area contributed by atoms with E-state index in [9.17, 15) is 18.0 Å². The van der Waals surface area contributed by atoms with E-state index in [0.717, 1.165) is 40.5 Å². The number of H-pyrrole nitrogens is 1. The highest BCUT2D eigenvalue weighted by molar-refractivity contribution is 7.88. The lowest BCUT2D eigenvalue weighted by Gasteiger charge is -2.26. The molecule has 0 aliphatic heterocycles. The van der Waals surface area contributed by atoms with Gasteiger partial charge in [0.25, 0.3) is 5.56 Å². The summed E-state index contributed by atoms with van der Waals surface area (Å²) < 4.78 is 30.1. The summed E-state index contributed by atoms with van der Waals surface area (Å²) in [5, 5.41) is 4.08. The molecule has 0 bridgehead atoms. The highest BCUT2D eigenvalue weighted by atomic mass is 32.2. The van der Waals surface area contributed by atoms with Gasteiger partial charge in [0.05, 0.1) is 24.8 Å². The van der Waals surface area contributed by atoms with Crippen molar-refractivity contribution in [1.29, 1.82) is 0 Å². The van der Waals surface area contributed by atoms with Crippen LogP contribution in [0.25, 0.3) is 16.8 Å². The Hall–Kier alpha value is -3.66. The van der Waals surface area contributed by atoms with Crippen molar-refractivity contribution in [3.63, 3.8) is 0 Å². The molecule has 0 spiro atoms. The Morgan fingerprint density at radius 1 is 1.06 bits per heavy atom. The van der Waals surface area contributed by atoms with Gasteiger partial charge in [0.15, 0.2) is 0 Å². The molecule has 2 aromatic carbocycles. The molecule has 0 radical (unpaired) electrons. The normalized spacial score (nSPS) is 14.7. The Balaban J connectivity index is 1.90. The monoisotopic (exact) mass is 496 g/mol. The molecule has 10 heteroatoms. The summed E-state index contributed by atoms with van der Waals surface area (Å²) in [6.07, 6.45) is 3.87. The zero-order valence-corrected chi connectivity index (χ0v) is 21.1. The van der Waals surface area contributed by atoms with Crippen LogP contribution in [0.4, 0.5) is 0 Å². The second kappa shape index (κ2) is 8.84. The van der Waals surface area contributed by atoms with Crippen LogP contribution in [-0.4, -0.2) is 37.0 Å². The Bertz CT molecular complexity index is 1560. The van der Waals surface area contributed by atoms with Crippen LogP contribution >= 0.6 is 0 Å². The molecular formula is C25H28N4O5S. The maximum absolute atomic E-state index is 12.5. The third-order valence-corrected chi connectivity index (χ3v) is 6.32. The number of hydrogen-bond donors (Lipinski definition) is 2. The first-order valence-corrected chi connectivity index (χ1v) is 13.0. The molecule has 0 unspecified atom stereocenters. The van der Waals surface area contributed by atoms with Crippen molar-refractivity contribution in [2.24, 2.45) is 5.10 Å². The van der Waals surface area contributed by atoms with Crippen molar-refractivity contribution in [2.45, 2.75) is 39.0 Å². The summed E-state index contributed by atoms with van der Waals surface area (Å²) in [5.74, 6) is 0.698. The van der Waals surface area contributed by atoms with Gasteiger partial charge in [0.1, 0.15) is 5.75 Å². The molecule has 184 valence electrons. The van der Waals surface area contributed by atoms with E-state index in [1.54, 1.807) is 7.11 Å². The topological polar surface area (TPSA) is 123 Å². The molecule has 0 atom stereocenters. The van der Waals surface area contributed by atoms with E-state index in [2.05, 4.69) is 35.7 Å².